The highest BCUT2D eigenvalue weighted by molar-refractivity contribution is 7.93. The van der Waals surface area contributed by atoms with E-state index in [0.29, 0.717) is 16.5 Å². The number of benzene rings is 2. The van der Waals surface area contributed by atoms with Crippen LogP contribution in [-0.4, -0.2) is 25.2 Å². The van der Waals surface area contributed by atoms with E-state index in [1.807, 2.05) is 6.07 Å². The van der Waals surface area contributed by atoms with Gasteiger partial charge in [0, 0.05) is 23.7 Å². The Balaban J connectivity index is 1.57. The predicted octanol–water partition coefficient (Wildman–Crippen LogP) is 3.97. The van der Waals surface area contributed by atoms with Crippen LogP contribution in [-0.2, 0) is 22.7 Å². The first-order chi connectivity index (χ1) is 12.5. The number of hydrogen-bond acceptors (Lipinski definition) is 6. The van der Waals surface area contributed by atoms with Crippen LogP contribution in [0.15, 0.2) is 51.7 Å². The lowest BCUT2D eigenvalue weighted by Gasteiger charge is -2.18. The van der Waals surface area contributed by atoms with Crippen LogP contribution < -0.4 is 5.32 Å². The Kier molecular flexibility index (Phi) is 4.69. The smallest absolute Gasteiger partial charge is 0.237 e. The van der Waals surface area contributed by atoms with Crippen molar-refractivity contribution < 1.29 is 8.42 Å². The Morgan fingerprint density at radius 3 is 2.73 bits per heavy atom. The lowest BCUT2D eigenvalue weighted by atomic mass is 10.00. The summed E-state index contributed by atoms with van der Waals surface area (Å²) in [5, 5.41) is 12.5. The highest BCUT2D eigenvalue weighted by Crippen LogP contribution is 2.28. The maximum Gasteiger partial charge on any atom is 0.237 e. The largest absolute Gasteiger partial charge is 0.385 e. The van der Waals surface area contributed by atoms with Gasteiger partial charge in [-0.1, -0.05) is 35.1 Å². The van der Waals surface area contributed by atoms with E-state index in [0.717, 1.165) is 36.3 Å². The third kappa shape index (κ3) is 3.47. The van der Waals surface area contributed by atoms with E-state index in [1.54, 1.807) is 12.1 Å². The maximum absolute atomic E-state index is 12.7. The molecule has 26 heavy (non-hydrogen) atoms. The Morgan fingerprint density at radius 1 is 1.12 bits per heavy atom. The zero-order valence-corrected chi connectivity index (χ0v) is 16.2. The predicted molar refractivity (Wildman–Crippen MR) is 103 cm³/mol. The molecule has 0 radical (unpaired) electrons. The minimum Gasteiger partial charge on any atom is -0.385 e. The van der Waals surface area contributed by atoms with Crippen LogP contribution in [0.5, 0.6) is 0 Å². The number of anilines is 1. The first-order valence-electron chi connectivity index (χ1n) is 8.21. The van der Waals surface area contributed by atoms with Crippen LogP contribution in [0.1, 0.15) is 22.6 Å². The number of fused-ring (bicyclic) bond motifs is 1. The number of halogens is 1. The summed E-state index contributed by atoms with van der Waals surface area (Å²) in [7, 11) is -3.67. The van der Waals surface area contributed by atoms with E-state index in [2.05, 4.69) is 27.6 Å². The molecular weight excluding hydrogens is 390 g/mol. The molecule has 0 saturated heterocycles. The van der Waals surface area contributed by atoms with Crippen LogP contribution in [0.3, 0.4) is 0 Å². The van der Waals surface area contributed by atoms with Crippen molar-refractivity contribution in [3.8, 4) is 0 Å². The summed E-state index contributed by atoms with van der Waals surface area (Å²) >= 11 is 6.94. The van der Waals surface area contributed by atoms with E-state index >= 15 is 0 Å². The molecule has 4 rings (SSSR count). The fourth-order valence-electron chi connectivity index (χ4n) is 2.95. The second-order valence-corrected chi connectivity index (χ2v) is 9.74. The first kappa shape index (κ1) is 17.5. The van der Waals surface area contributed by atoms with Gasteiger partial charge in [0.15, 0.2) is 0 Å². The first-order valence-corrected chi connectivity index (χ1v) is 10.9. The number of aryl methyl sites for hydroxylation is 1. The highest BCUT2D eigenvalue weighted by Gasteiger charge is 2.23. The van der Waals surface area contributed by atoms with Crippen LogP contribution >= 0.6 is 22.9 Å². The van der Waals surface area contributed by atoms with Gasteiger partial charge in [-0.15, -0.1) is 10.2 Å². The average molecular weight is 406 g/mol. The van der Waals surface area contributed by atoms with Gasteiger partial charge in [0.05, 0.1) is 4.90 Å². The van der Waals surface area contributed by atoms with Gasteiger partial charge in [0.1, 0.15) is 5.01 Å². The molecule has 2 aromatic carbocycles. The van der Waals surface area contributed by atoms with Crippen molar-refractivity contribution >= 4 is 38.5 Å². The number of nitrogens with one attached hydrogen (secondary N) is 1. The van der Waals surface area contributed by atoms with Crippen molar-refractivity contribution in [3.63, 3.8) is 0 Å². The second kappa shape index (κ2) is 6.98. The van der Waals surface area contributed by atoms with Gasteiger partial charge in [-0.3, -0.25) is 0 Å². The number of nitrogens with zero attached hydrogens (tertiary/aromatic N) is 2. The van der Waals surface area contributed by atoms with Crippen molar-refractivity contribution in [1.29, 1.82) is 0 Å². The summed E-state index contributed by atoms with van der Waals surface area (Å²) in [5.41, 5.74) is 3.59. The van der Waals surface area contributed by atoms with Gasteiger partial charge in [-0.2, -0.15) is 0 Å². The molecule has 0 aliphatic carbocycles. The quantitative estimate of drug-likeness (QED) is 0.710. The zero-order valence-electron chi connectivity index (χ0n) is 13.8. The standard InChI is InChI=1S/C18H16ClN3O2S2/c19-14-4-6-15(7-5-14)26(23,24)18-22-21-17(25-18)11-12-3-8-16-13(10-12)2-1-9-20-16/h3-8,10,20H,1-2,9,11H2. The lowest BCUT2D eigenvalue weighted by Crippen LogP contribution is -2.11. The molecule has 0 unspecified atom stereocenters. The van der Waals surface area contributed by atoms with Gasteiger partial charge in [-0.25, -0.2) is 8.42 Å². The van der Waals surface area contributed by atoms with Gasteiger partial charge in [0.2, 0.25) is 14.2 Å². The zero-order chi connectivity index (χ0) is 18.1. The number of aromatic nitrogens is 2. The minimum atomic E-state index is -3.67. The van der Waals surface area contributed by atoms with Gasteiger partial charge < -0.3 is 5.32 Å². The molecule has 134 valence electrons. The summed E-state index contributed by atoms with van der Waals surface area (Å²) in [6.45, 7) is 1.01. The monoisotopic (exact) mass is 405 g/mol. The Labute approximate surface area is 161 Å². The van der Waals surface area contributed by atoms with Crippen LogP contribution in [0.25, 0.3) is 0 Å². The van der Waals surface area contributed by atoms with Crippen molar-refractivity contribution in [2.45, 2.75) is 28.5 Å². The molecule has 0 fully saturated rings. The SMILES string of the molecule is O=S(=O)(c1ccc(Cl)cc1)c1nnc(Cc2ccc3c(c2)CCCN3)s1. The second-order valence-electron chi connectivity index (χ2n) is 6.12. The molecule has 1 aliphatic rings. The number of sulfone groups is 1. The summed E-state index contributed by atoms with van der Waals surface area (Å²) in [6.07, 6.45) is 2.75. The highest BCUT2D eigenvalue weighted by atomic mass is 35.5. The van der Waals surface area contributed by atoms with Crippen LogP contribution in [0.2, 0.25) is 5.02 Å². The summed E-state index contributed by atoms with van der Waals surface area (Å²) in [4.78, 5) is 0.171. The minimum absolute atomic E-state index is 0.00875. The summed E-state index contributed by atoms with van der Waals surface area (Å²) in [6, 6.07) is 12.4. The van der Waals surface area contributed by atoms with Gasteiger partial charge in [-0.05, 0) is 54.3 Å². The molecule has 1 aromatic heterocycles. The third-order valence-electron chi connectivity index (χ3n) is 4.27. The molecule has 5 nitrogen and oxygen atoms in total. The number of rotatable bonds is 4. The van der Waals surface area contributed by atoms with Gasteiger partial charge >= 0.3 is 0 Å². The molecule has 0 saturated carbocycles. The van der Waals surface area contributed by atoms with E-state index in [4.69, 9.17) is 11.6 Å². The van der Waals surface area contributed by atoms with Crippen molar-refractivity contribution in [2.24, 2.45) is 0 Å². The molecule has 0 spiro atoms. The molecule has 3 aromatic rings. The molecule has 8 heteroatoms. The fraction of sp³-hybridized carbons (Fsp3) is 0.222. The molecule has 2 heterocycles. The molecule has 0 bridgehead atoms. The van der Waals surface area contributed by atoms with Crippen LogP contribution in [0.4, 0.5) is 5.69 Å². The van der Waals surface area contributed by atoms with E-state index < -0.39 is 9.84 Å². The molecular formula is C18H16ClN3O2S2. The van der Waals surface area contributed by atoms with Crippen molar-refractivity contribution in [2.75, 3.05) is 11.9 Å². The topological polar surface area (TPSA) is 72.0 Å². The third-order valence-corrected chi connectivity index (χ3v) is 7.58. The molecule has 1 N–H and O–H groups in total. The molecule has 0 amide bonds. The fourth-order valence-corrected chi connectivity index (χ4v) is 5.54. The van der Waals surface area contributed by atoms with Crippen molar-refractivity contribution in [3.05, 3.63) is 63.6 Å². The average Bonchev–Trinajstić information content (AvgIpc) is 3.11. The molecule has 1 aliphatic heterocycles. The van der Waals surface area contributed by atoms with Gasteiger partial charge in [0.25, 0.3) is 0 Å². The summed E-state index contributed by atoms with van der Waals surface area (Å²) in [5.74, 6) is 0. The Morgan fingerprint density at radius 2 is 1.92 bits per heavy atom. The van der Waals surface area contributed by atoms with E-state index in [-0.39, 0.29) is 9.24 Å². The van der Waals surface area contributed by atoms with E-state index in [9.17, 15) is 8.42 Å². The Hall–Kier alpha value is -1.96. The maximum atomic E-state index is 12.7. The lowest BCUT2D eigenvalue weighted by molar-refractivity contribution is 0.594. The summed E-state index contributed by atoms with van der Waals surface area (Å²) < 4.78 is 25.3. The Bertz CT molecular complexity index is 1050. The normalized spacial score (nSPS) is 13.9. The number of hydrogen-bond donors (Lipinski definition) is 1. The van der Waals surface area contributed by atoms with E-state index in [1.165, 1.54) is 23.4 Å². The van der Waals surface area contributed by atoms with Crippen molar-refractivity contribution in [1.82, 2.24) is 10.2 Å². The molecule has 0 atom stereocenters. The van der Waals surface area contributed by atoms with Crippen LogP contribution in [0, 0.1) is 0 Å².